The van der Waals surface area contributed by atoms with Crippen molar-refractivity contribution in [3.05, 3.63) is 59.4 Å². The largest absolute Gasteiger partial charge is 0.339 e. The number of rotatable bonds is 5. The number of hydrogen-bond acceptors (Lipinski definition) is 2. The molecule has 106 valence electrons. The summed E-state index contributed by atoms with van der Waals surface area (Å²) in [6.45, 7) is 5.47. The molecule has 0 radical (unpaired) electrons. The Morgan fingerprint density at radius 2 is 1.85 bits per heavy atom. The van der Waals surface area contributed by atoms with E-state index in [1.807, 2.05) is 43.1 Å². The molecule has 0 amide bonds. The van der Waals surface area contributed by atoms with Crippen LogP contribution in [0.2, 0.25) is 0 Å². The van der Waals surface area contributed by atoms with Crippen molar-refractivity contribution in [2.75, 3.05) is 18.5 Å². The Kier molecular flexibility index (Phi) is 4.74. The Balaban J connectivity index is 2.55. The standard InChI is InChI=1S/C17H21FN2/c1-4-20(16-11-6-5-8-13(16)2)17-14(12-19-3)9-7-10-15(17)18/h5-11,19H,4,12H2,1-3H3. The Hall–Kier alpha value is -1.87. The molecule has 20 heavy (non-hydrogen) atoms. The van der Waals surface area contributed by atoms with Gasteiger partial charge in [-0.15, -0.1) is 0 Å². The molecule has 0 unspecified atom stereocenters. The summed E-state index contributed by atoms with van der Waals surface area (Å²) in [5, 5.41) is 3.10. The molecule has 0 fully saturated rings. The average Bonchev–Trinajstić information content (AvgIpc) is 2.44. The van der Waals surface area contributed by atoms with Crippen LogP contribution in [0.1, 0.15) is 18.1 Å². The van der Waals surface area contributed by atoms with Gasteiger partial charge in [-0.3, -0.25) is 0 Å². The lowest BCUT2D eigenvalue weighted by molar-refractivity contribution is 0.621. The van der Waals surface area contributed by atoms with Crippen molar-refractivity contribution >= 4 is 11.4 Å². The van der Waals surface area contributed by atoms with E-state index in [1.165, 1.54) is 6.07 Å². The number of halogens is 1. The molecule has 0 aliphatic heterocycles. The average molecular weight is 272 g/mol. The van der Waals surface area contributed by atoms with Crippen LogP contribution < -0.4 is 10.2 Å². The molecule has 2 aromatic rings. The van der Waals surface area contributed by atoms with E-state index in [0.29, 0.717) is 12.2 Å². The number of hydrogen-bond donors (Lipinski definition) is 1. The number of para-hydroxylation sites is 2. The lowest BCUT2D eigenvalue weighted by Gasteiger charge is -2.27. The second-order valence-corrected chi connectivity index (χ2v) is 4.81. The maximum atomic E-state index is 14.4. The molecule has 0 aliphatic carbocycles. The van der Waals surface area contributed by atoms with Gasteiger partial charge in [-0.25, -0.2) is 4.39 Å². The fourth-order valence-corrected chi connectivity index (χ4v) is 2.51. The Morgan fingerprint density at radius 3 is 2.50 bits per heavy atom. The number of benzene rings is 2. The Morgan fingerprint density at radius 1 is 1.10 bits per heavy atom. The van der Waals surface area contributed by atoms with Gasteiger partial charge in [-0.05, 0) is 44.2 Å². The highest BCUT2D eigenvalue weighted by Gasteiger charge is 2.17. The van der Waals surface area contributed by atoms with Gasteiger partial charge in [-0.2, -0.15) is 0 Å². The van der Waals surface area contributed by atoms with Gasteiger partial charge >= 0.3 is 0 Å². The van der Waals surface area contributed by atoms with Crippen molar-refractivity contribution in [1.82, 2.24) is 5.32 Å². The third-order valence-electron chi connectivity index (χ3n) is 3.43. The normalized spacial score (nSPS) is 10.6. The smallest absolute Gasteiger partial charge is 0.147 e. The molecule has 0 aromatic heterocycles. The van der Waals surface area contributed by atoms with Crippen LogP contribution in [-0.4, -0.2) is 13.6 Å². The van der Waals surface area contributed by atoms with Crippen molar-refractivity contribution in [3.8, 4) is 0 Å². The fraction of sp³-hybridized carbons (Fsp3) is 0.294. The molecule has 0 bridgehead atoms. The molecule has 0 saturated heterocycles. The van der Waals surface area contributed by atoms with Crippen LogP contribution in [0.4, 0.5) is 15.8 Å². The zero-order valence-electron chi connectivity index (χ0n) is 12.3. The second-order valence-electron chi connectivity index (χ2n) is 4.81. The molecule has 1 N–H and O–H groups in total. The van der Waals surface area contributed by atoms with Crippen molar-refractivity contribution in [3.63, 3.8) is 0 Å². The molecule has 0 aliphatic rings. The van der Waals surface area contributed by atoms with Gasteiger partial charge in [0.2, 0.25) is 0 Å². The molecule has 2 rings (SSSR count). The first-order chi connectivity index (χ1) is 9.69. The van der Waals surface area contributed by atoms with Crippen LogP contribution in [0.25, 0.3) is 0 Å². The van der Waals surface area contributed by atoms with E-state index in [1.54, 1.807) is 6.07 Å². The first kappa shape index (κ1) is 14.5. The molecule has 2 nitrogen and oxygen atoms in total. The monoisotopic (exact) mass is 272 g/mol. The minimum atomic E-state index is -0.178. The highest BCUT2D eigenvalue weighted by molar-refractivity contribution is 5.69. The van der Waals surface area contributed by atoms with Gasteiger partial charge in [-0.1, -0.05) is 30.3 Å². The molecular weight excluding hydrogens is 251 g/mol. The minimum Gasteiger partial charge on any atom is -0.339 e. The third-order valence-corrected chi connectivity index (χ3v) is 3.43. The quantitative estimate of drug-likeness (QED) is 0.884. The number of nitrogens with one attached hydrogen (secondary N) is 1. The summed E-state index contributed by atoms with van der Waals surface area (Å²) < 4.78 is 14.4. The van der Waals surface area contributed by atoms with Crippen molar-refractivity contribution in [1.29, 1.82) is 0 Å². The zero-order chi connectivity index (χ0) is 14.5. The van der Waals surface area contributed by atoms with E-state index in [9.17, 15) is 4.39 Å². The van der Waals surface area contributed by atoms with Crippen molar-refractivity contribution in [2.45, 2.75) is 20.4 Å². The summed E-state index contributed by atoms with van der Waals surface area (Å²) >= 11 is 0. The Labute approximate surface area is 120 Å². The van der Waals surface area contributed by atoms with E-state index in [0.717, 1.165) is 23.4 Å². The summed E-state index contributed by atoms with van der Waals surface area (Å²) in [5.74, 6) is -0.178. The summed E-state index contributed by atoms with van der Waals surface area (Å²) in [7, 11) is 1.87. The molecule has 2 aromatic carbocycles. The maximum absolute atomic E-state index is 14.4. The van der Waals surface area contributed by atoms with Gasteiger partial charge in [0.1, 0.15) is 5.82 Å². The molecule has 0 heterocycles. The highest BCUT2D eigenvalue weighted by Crippen LogP contribution is 2.32. The van der Waals surface area contributed by atoms with Crippen molar-refractivity contribution in [2.24, 2.45) is 0 Å². The van der Waals surface area contributed by atoms with Gasteiger partial charge < -0.3 is 10.2 Å². The van der Waals surface area contributed by atoms with Crippen LogP contribution >= 0.6 is 0 Å². The van der Waals surface area contributed by atoms with Gasteiger partial charge in [0.25, 0.3) is 0 Å². The van der Waals surface area contributed by atoms with E-state index in [2.05, 4.69) is 18.3 Å². The van der Waals surface area contributed by atoms with Crippen LogP contribution in [0.15, 0.2) is 42.5 Å². The third kappa shape index (κ3) is 2.83. The minimum absolute atomic E-state index is 0.178. The predicted octanol–water partition coefficient (Wildman–Crippen LogP) is 4.01. The Bertz CT molecular complexity index is 581. The SMILES string of the molecule is CCN(c1ccccc1C)c1c(F)cccc1CNC. The molecule has 0 saturated carbocycles. The molecule has 0 atom stereocenters. The van der Waals surface area contributed by atoms with Crippen molar-refractivity contribution < 1.29 is 4.39 Å². The second kappa shape index (κ2) is 6.53. The first-order valence-electron chi connectivity index (χ1n) is 6.94. The lowest BCUT2D eigenvalue weighted by atomic mass is 10.1. The fourth-order valence-electron chi connectivity index (χ4n) is 2.51. The predicted molar refractivity (Wildman–Crippen MR) is 83.0 cm³/mol. The van der Waals surface area contributed by atoms with E-state index in [4.69, 9.17) is 0 Å². The van der Waals surface area contributed by atoms with Crippen LogP contribution in [0.3, 0.4) is 0 Å². The molecule has 0 spiro atoms. The molecular formula is C17H21FN2. The number of anilines is 2. The summed E-state index contributed by atoms with van der Waals surface area (Å²) in [6, 6.07) is 13.3. The number of aryl methyl sites for hydroxylation is 1. The van der Waals surface area contributed by atoms with Crippen LogP contribution in [0, 0.1) is 12.7 Å². The zero-order valence-corrected chi connectivity index (χ0v) is 12.3. The summed E-state index contributed by atoms with van der Waals surface area (Å²) in [5.41, 5.74) is 3.83. The van der Waals surface area contributed by atoms with Gasteiger partial charge in [0.05, 0.1) is 5.69 Å². The molecule has 3 heteroatoms. The van der Waals surface area contributed by atoms with Gasteiger partial charge in [0, 0.05) is 18.8 Å². The van der Waals surface area contributed by atoms with Crippen LogP contribution in [-0.2, 0) is 6.54 Å². The topological polar surface area (TPSA) is 15.3 Å². The maximum Gasteiger partial charge on any atom is 0.147 e. The van der Waals surface area contributed by atoms with Gasteiger partial charge in [0.15, 0.2) is 0 Å². The summed E-state index contributed by atoms with van der Waals surface area (Å²) in [4.78, 5) is 2.04. The lowest BCUT2D eigenvalue weighted by Crippen LogP contribution is -2.21. The van der Waals surface area contributed by atoms with E-state index in [-0.39, 0.29) is 5.82 Å². The number of nitrogens with zero attached hydrogens (tertiary/aromatic N) is 1. The summed E-state index contributed by atoms with van der Waals surface area (Å²) in [6.07, 6.45) is 0. The van der Waals surface area contributed by atoms with Crippen LogP contribution in [0.5, 0.6) is 0 Å². The van der Waals surface area contributed by atoms with E-state index >= 15 is 0 Å². The van der Waals surface area contributed by atoms with E-state index < -0.39 is 0 Å². The highest BCUT2D eigenvalue weighted by atomic mass is 19.1. The first-order valence-corrected chi connectivity index (χ1v) is 6.94.